The number of halogens is 1. The lowest BCUT2D eigenvalue weighted by Gasteiger charge is -2.03. The van der Waals surface area contributed by atoms with E-state index in [1.165, 1.54) is 7.11 Å². The minimum absolute atomic E-state index is 0.0773. The van der Waals surface area contributed by atoms with Gasteiger partial charge in [-0.2, -0.15) is 0 Å². The van der Waals surface area contributed by atoms with Crippen molar-refractivity contribution in [2.75, 3.05) is 7.11 Å². The van der Waals surface area contributed by atoms with Crippen LogP contribution < -0.4 is 0 Å². The Kier molecular flexibility index (Phi) is 5.45. The number of hydrogen-bond donors (Lipinski definition) is 0. The number of ether oxygens (including phenoxy) is 1. The van der Waals surface area contributed by atoms with E-state index in [1.54, 1.807) is 0 Å². The highest BCUT2D eigenvalue weighted by Gasteiger charge is 2.10. The standard InChI is InChI=1S/C12H13IO3/c1-16-12(15)8-10(14)7-6-9-4-2-3-5-11(9)13/h2-5H,6-8H2,1H3. The number of rotatable bonds is 5. The summed E-state index contributed by atoms with van der Waals surface area (Å²) >= 11 is 2.24. The van der Waals surface area contributed by atoms with Crippen LogP contribution in [0.15, 0.2) is 24.3 Å². The summed E-state index contributed by atoms with van der Waals surface area (Å²) in [5.41, 5.74) is 1.14. The first-order valence-corrected chi connectivity index (χ1v) is 6.03. The van der Waals surface area contributed by atoms with Gasteiger partial charge in [0.05, 0.1) is 7.11 Å². The van der Waals surface area contributed by atoms with Crippen LogP contribution in [-0.4, -0.2) is 18.9 Å². The summed E-state index contributed by atoms with van der Waals surface area (Å²) in [6.45, 7) is 0. The number of ketones is 1. The Hall–Kier alpha value is -0.910. The van der Waals surface area contributed by atoms with Crippen molar-refractivity contribution >= 4 is 34.3 Å². The predicted molar refractivity (Wildman–Crippen MR) is 69.1 cm³/mol. The Bertz CT molecular complexity index is 388. The number of carbonyl (C=O) groups is 2. The maximum absolute atomic E-state index is 11.4. The molecule has 0 aliphatic carbocycles. The van der Waals surface area contributed by atoms with Crippen molar-refractivity contribution in [2.45, 2.75) is 19.3 Å². The zero-order valence-electron chi connectivity index (χ0n) is 9.03. The second-order valence-electron chi connectivity index (χ2n) is 3.38. The fourth-order valence-corrected chi connectivity index (χ4v) is 1.95. The van der Waals surface area contributed by atoms with Crippen LogP contribution in [0, 0.1) is 3.57 Å². The minimum Gasteiger partial charge on any atom is -0.469 e. The van der Waals surface area contributed by atoms with E-state index in [0.29, 0.717) is 12.8 Å². The summed E-state index contributed by atoms with van der Waals surface area (Å²) in [7, 11) is 1.29. The van der Waals surface area contributed by atoms with Crippen molar-refractivity contribution in [3.8, 4) is 0 Å². The number of aryl methyl sites for hydroxylation is 1. The molecule has 0 heterocycles. The summed E-state index contributed by atoms with van der Waals surface area (Å²) < 4.78 is 5.58. The third-order valence-corrected chi connectivity index (χ3v) is 3.25. The molecule has 0 saturated carbocycles. The molecule has 0 fully saturated rings. The first kappa shape index (κ1) is 13.2. The van der Waals surface area contributed by atoms with E-state index < -0.39 is 5.97 Å². The molecule has 0 amide bonds. The molecule has 1 rings (SSSR count). The minimum atomic E-state index is -0.465. The number of carbonyl (C=O) groups excluding carboxylic acids is 2. The maximum atomic E-state index is 11.4. The van der Waals surface area contributed by atoms with Crippen LogP contribution in [0.1, 0.15) is 18.4 Å². The molecule has 0 spiro atoms. The van der Waals surface area contributed by atoms with Gasteiger partial charge in [0.15, 0.2) is 0 Å². The van der Waals surface area contributed by atoms with Crippen LogP contribution in [0.3, 0.4) is 0 Å². The molecule has 0 saturated heterocycles. The van der Waals surface area contributed by atoms with Gasteiger partial charge in [-0.3, -0.25) is 9.59 Å². The molecular formula is C12H13IO3. The third-order valence-electron chi connectivity index (χ3n) is 2.20. The van der Waals surface area contributed by atoms with Crippen molar-refractivity contribution in [1.82, 2.24) is 0 Å². The normalized spacial score (nSPS) is 9.88. The number of Topliss-reactive ketones (excluding diaryl/α,β-unsaturated/α-hetero) is 1. The summed E-state index contributed by atoms with van der Waals surface area (Å²) in [6, 6.07) is 7.90. The second-order valence-corrected chi connectivity index (χ2v) is 4.55. The zero-order chi connectivity index (χ0) is 12.0. The molecule has 86 valence electrons. The Morgan fingerprint density at radius 2 is 2.00 bits per heavy atom. The van der Waals surface area contributed by atoms with Crippen molar-refractivity contribution in [2.24, 2.45) is 0 Å². The van der Waals surface area contributed by atoms with Crippen LogP contribution in [0.25, 0.3) is 0 Å². The Morgan fingerprint density at radius 3 is 2.62 bits per heavy atom. The van der Waals surface area contributed by atoms with E-state index in [4.69, 9.17) is 0 Å². The van der Waals surface area contributed by atoms with Gasteiger partial charge < -0.3 is 4.74 Å². The Balaban J connectivity index is 2.43. The van der Waals surface area contributed by atoms with Gasteiger partial charge in [-0.15, -0.1) is 0 Å². The molecular weight excluding hydrogens is 319 g/mol. The van der Waals surface area contributed by atoms with Crippen LogP contribution in [0.2, 0.25) is 0 Å². The van der Waals surface area contributed by atoms with E-state index in [-0.39, 0.29) is 12.2 Å². The quantitative estimate of drug-likeness (QED) is 0.472. The molecule has 4 heteroatoms. The highest BCUT2D eigenvalue weighted by atomic mass is 127. The third kappa shape index (κ3) is 4.30. The Morgan fingerprint density at radius 1 is 1.31 bits per heavy atom. The molecule has 1 aromatic carbocycles. The lowest BCUT2D eigenvalue weighted by atomic mass is 10.1. The van der Waals surface area contributed by atoms with E-state index >= 15 is 0 Å². The van der Waals surface area contributed by atoms with E-state index in [0.717, 1.165) is 9.13 Å². The average molecular weight is 332 g/mol. The molecule has 0 atom stereocenters. The second kappa shape index (κ2) is 6.62. The van der Waals surface area contributed by atoms with Gasteiger partial charge in [0.2, 0.25) is 0 Å². The Labute approximate surface area is 108 Å². The summed E-state index contributed by atoms with van der Waals surface area (Å²) in [4.78, 5) is 22.2. The van der Waals surface area contributed by atoms with Gasteiger partial charge >= 0.3 is 5.97 Å². The molecule has 0 aliphatic heterocycles. The summed E-state index contributed by atoms with van der Waals surface area (Å²) in [5, 5.41) is 0. The highest BCUT2D eigenvalue weighted by Crippen LogP contribution is 2.13. The smallest absolute Gasteiger partial charge is 0.313 e. The fourth-order valence-electron chi connectivity index (χ4n) is 1.30. The van der Waals surface area contributed by atoms with Gasteiger partial charge in [0.25, 0.3) is 0 Å². The van der Waals surface area contributed by atoms with Crippen LogP contribution in [0.5, 0.6) is 0 Å². The van der Waals surface area contributed by atoms with E-state index in [9.17, 15) is 9.59 Å². The molecule has 0 N–H and O–H groups in total. The molecule has 0 bridgehead atoms. The first-order chi connectivity index (χ1) is 7.63. The summed E-state index contributed by atoms with van der Waals surface area (Å²) in [6.07, 6.45) is 0.934. The predicted octanol–water partition coefficient (Wildman–Crippen LogP) is 2.36. The molecule has 1 aromatic rings. The number of benzene rings is 1. The monoisotopic (exact) mass is 332 g/mol. The van der Waals surface area contributed by atoms with Crippen LogP contribution >= 0.6 is 22.6 Å². The first-order valence-electron chi connectivity index (χ1n) is 4.95. The number of methoxy groups -OCH3 is 1. The molecule has 0 aromatic heterocycles. The highest BCUT2D eigenvalue weighted by molar-refractivity contribution is 14.1. The van der Waals surface area contributed by atoms with Crippen LogP contribution in [-0.2, 0) is 20.7 Å². The lowest BCUT2D eigenvalue weighted by Crippen LogP contribution is -2.10. The molecule has 16 heavy (non-hydrogen) atoms. The SMILES string of the molecule is COC(=O)CC(=O)CCc1ccccc1I. The van der Waals surface area contributed by atoms with Crippen molar-refractivity contribution in [3.63, 3.8) is 0 Å². The lowest BCUT2D eigenvalue weighted by molar-refractivity contribution is -0.143. The largest absolute Gasteiger partial charge is 0.469 e. The molecule has 0 unspecified atom stereocenters. The average Bonchev–Trinajstić information content (AvgIpc) is 2.28. The number of hydrogen-bond acceptors (Lipinski definition) is 3. The van der Waals surface area contributed by atoms with E-state index in [2.05, 4.69) is 27.3 Å². The zero-order valence-corrected chi connectivity index (χ0v) is 11.2. The molecule has 3 nitrogen and oxygen atoms in total. The van der Waals surface area contributed by atoms with Gasteiger partial charge in [-0.25, -0.2) is 0 Å². The summed E-state index contributed by atoms with van der Waals surface area (Å²) in [5.74, 6) is -0.542. The van der Waals surface area contributed by atoms with Crippen molar-refractivity contribution in [1.29, 1.82) is 0 Å². The topological polar surface area (TPSA) is 43.4 Å². The van der Waals surface area contributed by atoms with Gasteiger partial charge in [-0.1, -0.05) is 18.2 Å². The molecule has 0 aliphatic rings. The van der Waals surface area contributed by atoms with Crippen molar-refractivity contribution < 1.29 is 14.3 Å². The maximum Gasteiger partial charge on any atom is 0.313 e. The van der Waals surface area contributed by atoms with E-state index in [1.807, 2.05) is 24.3 Å². The van der Waals surface area contributed by atoms with Crippen molar-refractivity contribution in [3.05, 3.63) is 33.4 Å². The molecule has 0 radical (unpaired) electrons. The van der Waals surface area contributed by atoms with Crippen LogP contribution in [0.4, 0.5) is 0 Å². The van der Waals surface area contributed by atoms with Gasteiger partial charge in [0.1, 0.15) is 12.2 Å². The fraction of sp³-hybridized carbons (Fsp3) is 0.333. The number of esters is 1. The van der Waals surface area contributed by atoms with Gasteiger partial charge in [0, 0.05) is 9.99 Å². The van der Waals surface area contributed by atoms with Gasteiger partial charge in [-0.05, 0) is 40.6 Å².